The summed E-state index contributed by atoms with van der Waals surface area (Å²) in [5.41, 5.74) is -0.528. The first-order chi connectivity index (χ1) is 13.2. The van der Waals surface area contributed by atoms with Crippen molar-refractivity contribution in [3.05, 3.63) is 30.3 Å². The number of carboxylic acids is 1. The van der Waals surface area contributed by atoms with Gasteiger partial charge in [-0.1, -0.05) is 18.2 Å². The van der Waals surface area contributed by atoms with Crippen molar-refractivity contribution in [1.29, 1.82) is 0 Å². The summed E-state index contributed by atoms with van der Waals surface area (Å²) in [5.74, 6) is -0.154. The van der Waals surface area contributed by atoms with E-state index in [9.17, 15) is 9.59 Å². The van der Waals surface area contributed by atoms with Gasteiger partial charge in [0.15, 0.2) is 0 Å². The lowest BCUT2D eigenvalue weighted by Crippen LogP contribution is -2.43. The van der Waals surface area contributed by atoms with Crippen LogP contribution in [0.2, 0.25) is 0 Å². The lowest BCUT2D eigenvalue weighted by molar-refractivity contribution is -0.143. The van der Waals surface area contributed by atoms with Crippen molar-refractivity contribution in [3.8, 4) is 0 Å². The van der Waals surface area contributed by atoms with Crippen molar-refractivity contribution in [2.45, 2.75) is 56.6 Å². The number of aliphatic carboxylic acids is 1. The van der Waals surface area contributed by atoms with E-state index in [0.717, 1.165) is 31.8 Å². The number of alkyl carbamates (subject to hydrolysis) is 1. The van der Waals surface area contributed by atoms with Crippen LogP contribution in [0.4, 0.5) is 4.79 Å². The van der Waals surface area contributed by atoms with Gasteiger partial charge in [-0.05, 0) is 65.3 Å². The van der Waals surface area contributed by atoms with E-state index in [-0.39, 0.29) is 12.0 Å². The van der Waals surface area contributed by atoms with E-state index in [1.807, 2.05) is 39.0 Å². The number of amides is 1. The molecule has 28 heavy (non-hydrogen) atoms. The minimum Gasteiger partial charge on any atom is -0.481 e. The predicted octanol–water partition coefficient (Wildman–Crippen LogP) is 3.86. The van der Waals surface area contributed by atoms with E-state index >= 15 is 0 Å². The largest absolute Gasteiger partial charge is 0.481 e. The molecule has 1 amide bonds. The predicted molar refractivity (Wildman–Crippen MR) is 112 cm³/mol. The third-order valence-corrected chi connectivity index (χ3v) is 5.82. The lowest BCUT2D eigenvalue weighted by atomic mass is 9.97. The minimum atomic E-state index is -0.691. The van der Waals surface area contributed by atoms with Crippen molar-refractivity contribution in [2.24, 2.45) is 5.92 Å². The number of carbonyl (C=O) groups excluding carboxylic acids is 1. The number of carboxylic acid groups (broad SMARTS) is 1. The highest BCUT2D eigenvalue weighted by Crippen LogP contribution is 2.21. The molecule has 0 aliphatic carbocycles. The molecule has 0 bridgehead atoms. The van der Waals surface area contributed by atoms with E-state index in [4.69, 9.17) is 9.84 Å². The van der Waals surface area contributed by atoms with Crippen LogP contribution in [0.1, 0.15) is 40.0 Å². The summed E-state index contributed by atoms with van der Waals surface area (Å²) >= 11 is 1.71. The van der Waals surface area contributed by atoms with Crippen LogP contribution >= 0.6 is 11.8 Å². The number of carbonyl (C=O) groups is 2. The van der Waals surface area contributed by atoms with Crippen molar-refractivity contribution < 1.29 is 19.4 Å². The molecular formula is C21H32N2O4S. The summed E-state index contributed by atoms with van der Waals surface area (Å²) < 4.78 is 5.41. The van der Waals surface area contributed by atoms with Gasteiger partial charge in [-0.25, -0.2) is 4.79 Å². The van der Waals surface area contributed by atoms with Crippen LogP contribution in [0.25, 0.3) is 0 Å². The monoisotopic (exact) mass is 408 g/mol. The molecule has 1 aliphatic heterocycles. The molecule has 7 heteroatoms. The number of nitrogens with zero attached hydrogens (tertiary/aromatic N) is 1. The molecule has 0 aromatic heterocycles. The Morgan fingerprint density at radius 3 is 2.46 bits per heavy atom. The highest BCUT2D eigenvalue weighted by atomic mass is 32.2. The van der Waals surface area contributed by atoms with Gasteiger partial charge in [0.25, 0.3) is 0 Å². The second kappa shape index (κ2) is 10.7. The van der Waals surface area contributed by atoms with Gasteiger partial charge in [-0.3, -0.25) is 4.79 Å². The van der Waals surface area contributed by atoms with E-state index in [1.54, 1.807) is 11.8 Å². The first kappa shape index (κ1) is 22.6. The SMILES string of the molecule is CC(C)(C)OC(=O)NC(CCN1CCC(C(=O)O)CC1)CSc1ccccc1. The van der Waals surface area contributed by atoms with E-state index < -0.39 is 17.7 Å². The zero-order valence-corrected chi connectivity index (χ0v) is 17.8. The van der Waals surface area contributed by atoms with Crippen molar-refractivity contribution in [3.63, 3.8) is 0 Å². The van der Waals surface area contributed by atoms with Gasteiger partial charge in [0.1, 0.15) is 5.60 Å². The standard InChI is InChI=1S/C21H32N2O4S/c1-21(2,3)27-20(26)22-17(15-28-18-7-5-4-6-8-18)11-14-23-12-9-16(10-13-23)19(24)25/h4-8,16-17H,9-15H2,1-3H3,(H,22,26)(H,24,25). The highest BCUT2D eigenvalue weighted by Gasteiger charge is 2.25. The second-order valence-corrected chi connectivity index (χ2v) is 9.30. The number of piperidine rings is 1. The molecule has 0 spiro atoms. The fourth-order valence-electron chi connectivity index (χ4n) is 3.13. The molecule has 0 saturated carbocycles. The third kappa shape index (κ3) is 8.52. The van der Waals surface area contributed by atoms with Gasteiger partial charge in [0, 0.05) is 23.2 Å². The molecule has 1 aromatic carbocycles. The molecule has 2 N–H and O–H groups in total. The van der Waals surface area contributed by atoms with Gasteiger partial charge in [-0.2, -0.15) is 0 Å². The van der Waals surface area contributed by atoms with E-state index in [0.29, 0.717) is 12.8 Å². The normalized spacial score (nSPS) is 17.1. The maximum absolute atomic E-state index is 12.2. The molecular weight excluding hydrogens is 376 g/mol. The number of hydrogen-bond acceptors (Lipinski definition) is 5. The van der Waals surface area contributed by atoms with Crippen LogP contribution in [-0.2, 0) is 9.53 Å². The van der Waals surface area contributed by atoms with Gasteiger partial charge in [0.05, 0.1) is 5.92 Å². The molecule has 0 radical (unpaired) electrons. The molecule has 1 aromatic rings. The van der Waals surface area contributed by atoms with E-state index in [1.165, 1.54) is 4.90 Å². The molecule has 1 aliphatic rings. The Balaban J connectivity index is 1.86. The molecule has 1 atom stereocenters. The Bertz CT molecular complexity index is 625. The number of nitrogens with one attached hydrogen (secondary N) is 1. The molecule has 2 rings (SSSR count). The summed E-state index contributed by atoms with van der Waals surface area (Å²) in [6, 6.07) is 10.1. The average molecular weight is 409 g/mol. The fourth-order valence-corrected chi connectivity index (χ4v) is 4.12. The Kier molecular flexibility index (Phi) is 8.63. The van der Waals surface area contributed by atoms with Crippen molar-refractivity contribution in [2.75, 3.05) is 25.4 Å². The van der Waals surface area contributed by atoms with Crippen LogP contribution in [0, 0.1) is 5.92 Å². The van der Waals surface area contributed by atoms with Crippen LogP contribution < -0.4 is 5.32 Å². The smallest absolute Gasteiger partial charge is 0.407 e. The topological polar surface area (TPSA) is 78.9 Å². The molecule has 1 saturated heterocycles. The summed E-state index contributed by atoms with van der Waals surface area (Å²) in [4.78, 5) is 26.8. The number of ether oxygens (including phenoxy) is 1. The highest BCUT2D eigenvalue weighted by molar-refractivity contribution is 7.99. The number of benzene rings is 1. The average Bonchev–Trinajstić information content (AvgIpc) is 2.63. The summed E-state index contributed by atoms with van der Waals surface area (Å²) in [6.45, 7) is 7.98. The maximum Gasteiger partial charge on any atom is 0.407 e. The zero-order valence-electron chi connectivity index (χ0n) is 17.0. The van der Waals surface area contributed by atoms with Gasteiger partial charge in [0.2, 0.25) is 0 Å². The number of rotatable bonds is 8. The van der Waals surface area contributed by atoms with Crippen LogP contribution in [0.15, 0.2) is 35.2 Å². The second-order valence-electron chi connectivity index (χ2n) is 8.21. The zero-order chi connectivity index (χ0) is 20.6. The number of likely N-dealkylation sites (tertiary alicyclic amines) is 1. The molecule has 1 heterocycles. The quantitative estimate of drug-likeness (QED) is 0.636. The summed E-state index contributed by atoms with van der Waals surface area (Å²) in [5, 5.41) is 12.1. The minimum absolute atomic E-state index is 0.0164. The fraction of sp³-hybridized carbons (Fsp3) is 0.619. The van der Waals surface area contributed by atoms with Crippen LogP contribution in [0.5, 0.6) is 0 Å². The molecule has 1 unspecified atom stereocenters. The Hall–Kier alpha value is -1.73. The maximum atomic E-state index is 12.2. The Labute approximate surface area is 172 Å². The summed E-state index contributed by atoms with van der Waals surface area (Å²) in [6.07, 6.45) is 1.80. The van der Waals surface area contributed by atoms with Crippen LogP contribution in [0.3, 0.4) is 0 Å². The Morgan fingerprint density at radius 1 is 1.25 bits per heavy atom. The summed E-state index contributed by atoms with van der Waals surface area (Å²) in [7, 11) is 0. The Morgan fingerprint density at radius 2 is 1.89 bits per heavy atom. The van der Waals surface area contributed by atoms with Crippen LogP contribution in [-0.4, -0.2) is 59.1 Å². The van der Waals surface area contributed by atoms with E-state index in [2.05, 4.69) is 22.3 Å². The first-order valence-corrected chi connectivity index (χ1v) is 10.8. The first-order valence-electron chi connectivity index (χ1n) is 9.85. The van der Waals surface area contributed by atoms with Crippen molar-refractivity contribution >= 4 is 23.8 Å². The lowest BCUT2D eigenvalue weighted by Gasteiger charge is -2.31. The molecule has 6 nitrogen and oxygen atoms in total. The van der Waals surface area contributed by atoms with Gasteiger partial charge < -0.3 is 20.1 Å². The number of thioether (sulfide) groups is 1. The van der Waals surface area contributed by atoms with Gasteiger partial charge in [-0.15, -0.1) is 11.8 Å². The van der Waals surface area contributed by atoms with Gasteiger partial charge >= 0.3 is 12.1 Å². The van der Waals surface area contributed by atoms with Crippen molar-refractivity contribution in [1.82, 2.24) is 10.2 Å². The number of hydrogen-bond donors (Lipinski definition) is 2. The molecule has 1 fully saturated rings. The third-order valence-electron chi connectivity index (χ3n) is 4.65. The molecule has 156 valence electrons.